The average Bonchev–Trinajstić information content (AvgIpc) is 3.43. The number of benzene rings is 1. The lowest BCUT2D eigenvalue weighted by Crippen LogP contribution is -2.53. The third-order valence-electron chi connectivity index (χ3n) is 5.73. The van der Waals surface area contributed by atoms with E-state index in [1.165, 1.54) is 12.1 Å². The molecule has 3 N–H and O–H groups in total. The summed E-state index contributed by atoms with van der Waals surface area (Å²) in [6.45, 7) is 2.69. The molecule has 3 amide bonds. The van der Waals surface area contributed by atoms with Gasteiger partial charge in [-0.2, -0.15) is 0 Å². The van der Waals surface area contributed by atoms with E-state index in [1.54, 1.807) is 6.07 Å². The molecule has 1 aromatic rings. The van der Waals surface area contributed by atoms with Gasteiger partial charge in [-0.15, -0.1) is 13.2 Å². The number of ether oxygens (including phenoxy) is 3. The molecular weight excluding hydrogens is 487 g/mol. The molecule has 1 saturated heterocycles. The van der Waals surface area contributed by atoms with Crippen molar-refractivity contribution in [2.75, 3.05) is 19.9 Å². The maximum absolute atomic E-state index is 13.1. The third kappa shape index (κ3) is 7.57. The Morgan fingerprint density at radius 2 is 1.86 bits per heavy atom. The summed E-state index contributed by atoms with van der Waals surface area (Å²) in [6.07, 6.45) is -4.67. The number of rotatable bonds is 11. The molecule has 2 aliphatic rings. The summed E-state index contributed by atoms with van der Waals surface area (Å²) in [5.41, 5.74) is 0.203. The average molecular weight is 515 g/mol. The van der Waals surface area contributed by atoms with Crippen molar-refractivity contribution in [3.05, 3.63) is 23.8 Å². The smallest absolute Gasteiger partial charge is 0.454 e. The summed E-state index contributed by atoms with van der Waals surface area (Å²) in [7, 11) is 0. The summed E-state index contributed by atoms with van der Waals surface area (Å²) >= 11 is 0. The van der Waals surface area contributed by atoms with Crippen molar-refractivity contribution < 1.29 is 46.6 Å². The number of alkyl halides is 3. The van der Waals surface area contributed by atoms with Crippen molar-refractivity contribution >= 4 is 23.5 Å². The molecule has 198 valence electrons. The fraction of sp³-hybridized carbons (Fsp3) is 0.565. The molecule has 3 unspecified atom stereocenters. The first-order chi connectivity index (χ1) is 16.9. The van der Waals surface area contributed by atoms with Crippen molar-refractivity contribution in [1.29, 1.82) is 0 Å². The van der Waals surface area contributed by atoms with Gasteiger partial charge in [-0.25, -0.2) is 0 Å². The Morgan fingerprint density at radius 3 is 2.50 bits per heavy atom. The summed E-state index contributed by atoms with van der Waals surface area (Å²) in [5.74, 6) is -2.61. The highest BCUT2D eigenvalue weighted by Crippen LogP contribution is 2.32. The van der Waals surface area contributed by atoms with Gasteiger partial charge >= 0.3 is 6.36 Å². The molecule has 1 fully saturated rings. The van der Waals surface area contributed by atoms with Crippen molar-refractivity contribution in [2.45, 2.75) is 51.6 Å². The van der Waals surface area contributed by atoms with Crippen molar-refractivity contribution in [2.24, 2.45) is 11.8 Å². The lowest BCUT2D eigenvalue weighted by molar-refractivity contribution is -0.321. The predicted octanol–water partition coefficient (Wildman–Crippen LogP) is 1.68. The summed E-state index contributed by atoms with van der Waals surface area (Å²) < 4.78 is 51.5. The number of Topliss-reactive ketones (excluding diaryl/α,β-unsaturated/α-hetero) is 1. The van der Waals surface area contributed by atoms with Gasteiger partial charge in [0.25, 0.3) is 5.91 Å². The number of halogens is 3. The SMILES string of the molecule is CC(C)CC(NC(=O)c1ccc2c(c1)OCO2)C(=O)NC(CC1CCNC1=O)C(=O)COC(F)(F)F. The lowest BCUT2D eigenvalue weighted by Gasteiger charge is -2.25. The number of ketones is 1. The first kappa shape index (κ1) is 27.2. The highest BCUT2D eigenvalue weighted by molar-refractivity contribution is 5.99. The predicted molar refractivity (Wildman–Crippen MR) is 118 cm³/mol. The number of nitrogens with one attached hydrogen (secondary N) is 3. The fourth-order valence-electron chi connectivity index (χ4n) is 3.93. The van der Waals surface area contributed by atoms with Crippen LogP contribution in [0.2, 0.25) is 0 Å². The zero-order valence-corrected chi connectivity index (χ0v) is 19.8. The van der Waals surface area contributed by atoms with Gasteiger partial charge < -0.3 is 25.4 Å². The van der Waals surface area contributed by atoms with E-state index in [0.29, 0.717) is 24.5 Å². The van der Waals surface area contributed by atoms with Crippen LogP contribution in [0.1, 0.15) is 43.5 Å². The Labute approximate surface area is 205 Å². The minimum absolute atomic E-state index is 0.0191. The van der Waals surface area contributed by atoms with Crippen molar-refractivity contribution in [3.8, 4) is 11.5 Å². The number of carbonyl (C=O) groups excluding carboxylic acids is 4. The van der Waals surface area contributed by atoms with Crippen molar-refractivity contribution in [1.82, 2.24) is 16.0 Å². The monoisotopic (exact) mass is 515 g/mol. The van der Waals surface area contributed by atoms with Crippen LogP contribution in [0.3, 0.4) is 0 Å². The number of carbonyl (C=O) groups is 4. The van der Waals surface area contributed by atoms with Gasteiger partial charge in [-0.05, 0) is 43.4 Å². The maximum Gasteiger partial charge on any atom is 0.522 e. The Kier molecular flexibility index (Phi) is 8.77. The minimum Gasteiger partial charge on any atom is -0.454 e. The van der Waals surface area contributed by atoms with Gasteiger partial charge in [0.05, 0.1) is 6.04 Å². The van der Waals surface area contributed by atoms with E-state index in [9.17, 15) is 32.3 Å². The second kappa shape index (κ2) is 11.6. The van der Waals surface area contributed by atoms with E-state index in [1.807, 2.05) is 13.8 Å². The van der Waals surface area contributed by atoms with Crippen LogP contribution in [0.5, 0.6) is 11.5 Å². The normalized spacial score (nSPS) is 18.5. The highest BCUT2D eigenvalue weighted by Gasteiger charge is 2.36. The first-order valence-corrected chi connectivity index (χ1v) is 11.4. The van der Waals surface area contributed by atoms with E-state index >= 15 is 0 Å². The molecule has 0 bridgehead atoms. The zero-order valence-electron chi connectivity index (χ0n) is 19.8. The largest absolute Gasteiger partial charge is 0.522 e. The van der Waals surface area contributed by atoms with Crippen LogP contribution in [0, 0.1) is 11.8 Å². The molecule has 3 rings (SSSR count). The number of amides is 3. The van der Waals surface area contributed by atoms with E-state index in [2.05, 4.69) is 20.7 Å². The van der Waals surface area contributed by atoms with Gasteiger partial charge in [0, 0.05) is 18.0 Å². The summed E-state index contributed by atoms with van der Waals surface area (Å²) in [4.78, 5) is 50.5. The quantitative estimate of drug-likeness (QED) is 0.409. The first-order valence-electron chi connectivity index (χ1n) is 11.4. The van der Waals surface area contributed by atoms with Gasteiger partial charge in [-0.3, -0.25) is 23.9 Å². The molecule has 0 aromatic heterocycles. The number of hydrogen-bond acceptors (Lipinski definition) is 7. The van der Waals surface area contributed by atoms with Crippen LogP contribution in [-0.4, -0.2) is 61.9 Å². The minimum atomic E-state index is -5.03. The van der Waals surface area contributed by atoms with Gasteiger partial charge in [0.2, 0.25) is 18.6 Å². The van der Waals surface area contributed by atoms with Crippen LogP contribution < -0.4 is 25.4 Å². The van der Waals surface area contributed by atoms with E-state index in [0.717, 1.165) is 0 Å². The summed E-state index contributed by atoms with van der Waals surface area (Å²) in [5, 5.41) is 7.62. The molecule has 2 heterocycles. The van der Waals surface area contributed by atoms with Crippen LogP contribution in [0.25, 0.3) is 0 Å². The molecule has 3 atom stereocenters. The number of fused-ring (bicyclic) bond motifs is 1. The molecule has 36 heavy (non-hydrogen) atoms. The van der Waals surface area contributed by atoms with E-state index in [-0.39, 0.29) is 37.0 Å². The zero-order chi connectivity index (χ0) is 26.5. The molecule has 13 heteroatoms. The molecule has 0 radical (unpaired) electrons. The molecule has 0 spiro atoms. The Balaban J connectivity index is 1.72. The second-order valence-corrected chi connectivity index (χ2v) is 9.00. The fourth-order valence-corrected chi connectivity index (χ4v) is 3.93. The van der Waals surface area contributed by atoms with Crippen LogP contribution in [0.4, 0.5) is 13.2 Å². The number of hydrogen-bond donors (Lipinski definition) is 3. The highest BCUT2D eigenvalue weighted by atomic mass is 19.4. The molecular formula is C23H28F3N3O7. The van der Waals surface area contributed by atoms with Crippen molar-refractivity contribution in [3.63, 3.8) is 0 Å². The van der Waals surface area contributed by atoms with E-state index < -0.39 is 48.6 Å². The molecule has 0 aliphatic carbocycles. The third-order valence-corrected chi connectivity index (χ3v) is 5.73. The van der Waals surface area contributed by atoms with Crippen LogP contribution >= 0.6 is 0 Å². The topological polar surface area (TPSA) is 132 Å². The van der Waals surface area contributed by atoms with Crippen LogP contribution in [-0.2, 0) is 19.1 Å². The van der Waals surface area contributed by atoms with Gasteiger partial charge in [0.15, 0.2) is 17.3 Å². The maximum atomic E-state index is 13.1. The molecule has 1 aromatic carbocycles. The molecule has 10 nitrogen and oxygen atoms in total. The molecule has 2 aliphatic heterocycles. The molecule has 0 saturated carbocycles. The van der Waals surface area contributed by atoms with Gasteiger partial charge in [-0.1, -0.05) is 13.8 Å². The van der Waals surface area contributed by atoms with Crippen LogP contribution in [0.15, 0.2) is 18.2 Å². The van der Waals surface area contributed by atoms with Gasteiger partial charge in [0.1, 0.15) is 12.6 Å². The Hall–Kier alpha value is -3.35. The Bertz CT molecular complexity index is 1000. The lowest BCUT2D eigenvalue weighted by atomic mass is 9.95. The van der Waals surface area contributed by atoms with E-state index in [4.69, 9.17) is 9.47 Å². The Morgan fingerprint density at radius 1 is 1.14 bits per heavy atom. The second-order valence-electron chi connectivity index (χ2n) is 9.00. The standard InChI is InChI=1S/C23H28F3N3O7/c1-12(2)7-16(29-21(32)13-3-4-18-19(9-13)35-11-34-18)22(33)28-15(8-14-5-6-27-20(14)31)17(30)10-36-23(24,25)26/h3-4,9,12,14-16H,5-8,10-11H2,1-2H3,(H,27,31)(H,28,33)(H,29,32). The summed E-state index contributed by atoms with van der Waals surface area (Å²) in [6, 6.07) is 2.00.